The van der Waals surface area contributed by atoms with Crippen LogP contribution in [-0.2, 0) is 9.53 Å². The van der Waals surface area contributed by atoms with Gasteiger partial charge in [0.15, 0.2) is 0 Å². The molecule has 0 aromatic rings. The van der Waals surface area contributed by atoms with Crippen LogP contribution in [0.2, 0.25) is 0 Å². The van der Waals surface area contributed by atoms with Gasteiger partial charge in [-0.2, -0.15) is 0 Å². The van der Waals surface area contributed by atoms with Gasteiger partial charge in [0, 0.05) is 0 Å². The van der Waals surface area contributed by atoms with Gasteiger partial charge >= 0.3 is 5.97 Å². The Hall–Kier alpha value is -0.570. The van der Waals surface area contributed by atoms with Crippen molar-refractivity contribution in [3.8, 4) is 0 Å². The molecule has 0 rings (SSSR count). The summed E-state index contributed by atoms with van der Waals surface area (Å²) in [6, 6.07) is 0. The predicted molar refractivity (Wildman–Crippen MR) is 65.0 cm³/mol. The van der Waals surface area contributed by atoms with Crippen LogP contribution in [0.1, 0.15) is 47.5 Å². The lowest BCUT2D eigenvalue weighted by Gasteiger charge is -2.29. The molecule has 96 valence electrons. The molecule has 3 nitrogen and oxygen atoms in total. The molecular weight excluding hydrogens is 204 g/mol. The maximum absolute atomic E-state index is 11.8. The normalized spacial score (nSPS) is 15.2. The van der Waals surface area contributed by atoms with E-state index in [1.54, 1.807) is 6.92 Å². The standard InChI is InChI=1S/C13H26O3/c1-6-10(7-2)12(14)11(9(4)5)13(15)16-8-3/h9-12,14H,6-8H2,1-5H3. The van der Waals surface area contributed by atoms with Crippen LogP contribution in [0.3, 0.4) is 0 Å². The Morgan fingerprint density at radius 1 is 1.19 bits per heavy atom. The van der Waals surface area contributed by atoms with Crippen molar-refractivity contribution < 1.29 is 14.6 Å². The highest BCUT2D eigenvalue weighted by atomic mass is 16.5. The molecule has 0 radical (unpaired) electrons. The van der Waals surface area contributed by atoms with E-state index in [-0.39, 0.29) is 17.8 Å². The fraction of sp³-hybridized carbons (Fsp3) is 0.923. The molecule has 0 fully saturated rings. The Balaban J connectivity index is 4.69. The molecule has 2 atom stereocenters. The Labute approximate surface area is 99.2 Å². The minimum Gasteiger partial charge on any atom is -0.466 e. The number of hydrogen-bond donors (Lipinski definition) is 1. The zero-order valence-corrected chi connectivity index (χ0v) is 11.2. The lowest BCUT2D eigenvalue weighted by molar-refractivity contribution is -0.156. The van der Waals surface area contributed by atoms with E-state index >= 15 is 0 Å². The summed E-state index contributed by atoms with van der Waals surface area (Å²) >= 11 is 0. The first-order valence-corrected chi connectivity index (χ1v) is 6.34. The lowest BCUT2D eigenvalue weighted by atomic mass is 9.81. The second kappa shape index (κ2) is 7.66. The van der Waals surface area contributed by atoms with E-state index in [4.69, 9.17) is 4.74 Å². The molecule has 0 amide bonds. The minimum atomic E-state index is -0.589. The van der Waals surface area contributed by atoms with Gasteiger partial charge in [-0.3, -0.25) is 4.79 Å². The molecule has 0 saturated heterocycles. The molecule has 3 heteroatoms. The maximum atomic E-state index is 11.8. The van der Waals surface area contributed by atoms with Crippen molar-refractivity contribution in [2.45, 2.75) is 53.6 Å². The van der Waals surface area contributed by atoms with Gasteiger partial charge in [-0.25, -0.2) is 0 Å². The number of aliphatic hydroxyl groups excluding tert-OH is 1. The predicted octanol–water partition coefficient (Wildman–Crippen LogP) is 2.62. The van der Waals surface area contributed by atoms with Crippen LogP contribution in [0.5, 0.6) is 0 Å². The summed E-state index contributed by atoms with van der Waals surface area (Å²) in [5.41, 5.74) is 0. The Morgan fingerprint density at radius 2 is 1.69 bits per heavy atom. The van der Waals surface area contributed by atoms with Crippen molar-refractivity contribution >= 4 is 5.97 Å². The molecule has 0 aromatic carbocycles. The second-order valence-electron chi connectivity index (χ2n) is 4.59. The minimum absolute atomic E-state index is 0.106. The fourth-order valence-corrected chi connectivity index (χ4v) is 2.11. The number of carbonyl (C=O) groups is 1. The summed E-state index contributed by atoms with van der Waals surface area (Å²) in [5.74, 6) is -0.381. The van der Waals surface area contributed by atoms with Crippen LogP contribution in [0.4, 0.5) is 0 Å². The topological polar surface area (TPSA) is 46.5 Å². The van der Waals surface area contributed by atoms with Crippen molar-refractivity contribution in [2.75, 3.05) is 6.61 Å². The summed E-state index contributed by atoms with van der Waals surface area (Å²) in [5, 5.41) is 10.2. The Morgan fingerprint density at radius 3 is 2.00 bits per heavy atom. The van der Waals surface area contributed by atoms with Crippen molar-refractivity contribution in [2.24, 2.45) is 17.8 Å². The smallest absolute Gasteiger partial charge is 0.311 e. The summed E-state index contributed by atoms with van der Waals surface area (Å²) in [4.78, 5) is 11.8. The van der Waals surface area contributed by atoms with E-state index < -0.39 is 12.0 Å². The van der Waals surface area contributed by atoms with Gasteiger partial charge in [0.1, 0.15) is 0 Å². The van der Waals surface area contributed by atoms with E-state index in [0.717, 1.165) is 12.8 Å². The average molecular weight is 230 g/mol. The molecule has 0 saturated carbocycles. The first kappa shape index (κ1) is 15.4. The third kappa shape index (κ3) is 4.12. The first-order valence-electron chi connectivity index (χ1n) is 6.34. The summed E-state index contributed by atoms with van der Waals surface area (Å²) in [6.07, 6.45) is 1.19. The summed E-state index contributed by atoms with van der Waals surface area (Å²) in [7, 11) is 0. The quantitative estimate of drug-likeness (QED) is 0.684. The van der Waals surface area contributed by atoms with E-state index in [2.05, 4.69) is 0 Å². The molecule has 0 aliphatic carbocycles. The Kier molecular flexibility index (Phi) is 7.39. The maximum Gasteiger partial charge on any atom is 0.311 e. The van der Waals surface area contributed by atoms with Gasteiger partial charge in [0.05, 0.1) is 18.6 Å². The number of ether oxygens (including phenoxy) is 1. The molecule has 0 heterocycles. The van der Waals surface area contributed by atoms with Gasteiger partial charge < -0.3 is 9.84 Å². The van der Waals surface area contributed by atoms with Gasteiger partial charge in [0.2, 0.25) is 0 Å². The highest BCUT2D eigenvalue weighted by Crippen LogP contribution is 2.26. The van der Waals surface area contributed by atoms with Gasteiger partial charge in [-0.05, 0) is 18.8 Å². The summed E-state index contributed by atoms with van der Waals surface area (Å²) < 4.78 is 5.03. The third-order valence-corrected chi connectivity index (χ3v) is 3.18. The largest absolute Gasteiger partial charge is 0.466 e. The van der Waals surface area contributed by atoms with Gasteiger partial charge in [-0.15, -0.1) is 0 Å². The van der Waals surface area contributed by atoms with Crippen LogP contribution in [0.15, 0.2) is 0 Å². The van der Waals surface area contributed by atoms with Crippen molar-refractivity contribution in [3.05, 3.63) is 0 Å². The lowest BCUT2D eigenvalue weighted by Crippen LogP contribution is -2.38. The van der Waals surface area contributed by atoms with Crippen molar-refractivity contribution in [1.29, 1.82) is 0 Å². The van der Waals surface area contributed by atoms with E-state index in [0.29, 0.717) is 6.61 Å². The molecule has 2 unspecified atom stereocenters. The molecule has 0 bridgehead atoms. The number of hydrogen-bond acceptors (Lipinski definition) is 3. The molecule has 0 spiro atoms. The van der Waals surface area contributed by atoms with Gasteiger partial charge in [0.25, 0.3) is 0 Å². The average Bonchev–Trinajstić information content (AvgIpc) is 2.19. The number of rotatable bonds is 7. The molecular formula is C13H26O3. The summed E-state index contributed by atoms with van der Waals surface area (Å²) in [6.45, 7) is 10.1. The Bertz CT molecular complexity index is 197. The fourth-order valence-electron chi connectivity index (χ4n) is 2.11. The molecule has 16 heavy (non-hydrogen) atoms. The second-order valence-corrected chi connectivity index (χ2v) is 4.59. The van der Waals surface area contributed by atoms with E-state index in [1.165, 1.54) is 0 Å². The zero-order valence-electron chi connectivity index (χ0n) is 11.2. The van der Waals surface area contributed by atoms with Crippen LogP contribution >= 0.6 is 0 Å². The highest BCUT2D eigenvalue weighted by Gasteiger charge is 2.34. The van der Waals surface area contributed by atoms with Gasteiger partial charge in [-0.1, -0.05) is 40.5 Å². The third-order valence-electron chi connectivity index (χ3n) is 3.18. The van der Waals surface area contributed by atoms with Crippen LogP contribution in [-0.4, -0.2) is 23.8 Å². The van der Waals surface area contributed by atoms with Crippen molar-refractivity contribution in [3.63, 3.8) is 0 Å². The molecule has 0 aliphatic rings. The molecule has 0 aromatic heterocycles. The SMILES string of the molecule is CCOC(=O)C(C(C)C)C(O)C(CC)CC. The van der Waals surface area contributed by atoms with Crippen molar-refractivity contribution in [1.82, 2.24) is 0 Å². The number of aliphatic hydroxyl groups is 1. The van der Waals surface area contributed by atoms with Crippen LogP contribution in [0.25, 0.3) is 0 Å². The molecule has 0 aliphatic heterocycles. The zero-order chi connectivity index (χ0) is 12.7. The van der Waals surface area contributed by atoms with Crippen LogP contribution < -0.4 is 0 Å². The van der Waals surface area contributed by atoms with Crippen LogP contribution in [0, 0.1) is 17.8 Å². The highest BCUT2D eigenvalue weighted by molar-refractivity contribution is 5.73. The van der Waals surface area contributed by atoms with E-state index in [1.807, 2.05) is 27.7 Å². The number of carbonyl (C=O) groups excluding carboxylic acids is 1. The van der Waals surface area contributed by atoms with E-state index in [9.17, 15) is 9.90 Å². The molecule has 1 N–H and O–H groups in total. The number of esters is 1. The first-order chi connectivity index (χ1) is 7.49. The monoisotopic (exact) mass is 230 g/mol.